The predicted octanol–water partition coefficient (Wildman–Crippen LogP) is 3.62. The van der Waals surface area contributed by atoms with E-state index in [1.54, 1.807) is 23.9 Å². The third kappa shape index (κ3) is 5.54. The zero-order valence-corrected chi connectivity index (χ0v) is 10.6. The van der Waals surface area contributed by atoms with Crippen molar-refractivity contribution in [1.82, 2.24) is 4.98 Å². The number of carbonyl (C=O) groups is 1. The summed E-state index contributed by atoms with van der Waals surface area (Å²) in [6.45, 7) is 3.69. The minimum absolute atomic E-state index is 0.236. The van der Waals surface area contributed by atoms with Gasteiger partial charge in [0.1, 0.15) is 0 Å². The zero-order chi connectivity index (χ0) is 12.5. The molecule has 0 radical (unpaired) electrons. The highest BCUT2D eigenvalue weighted by Gasteiger charge is 2.02. The summed E-state index contributed by atoms with van der Waals surface area (Å²) in [7, 11) is 0. The molecule has 0 bridgehead atoms. The van der Waals surface area contributed by atoms with Crippen molar-refractivity contribution in [2.45, 2.75) is 30.7 Å². The molecule has 0 aliphatic carbocycles. The lowest BCUT2D eigenvalue weighted by Gasteiger charge is -2.01. The van der Waals surface area contributed by atoms with Crippen molar-refractivity contribution in [1.29, 1.82) is 0 Å². The van der Waals surface area contributed by atoms with Gasteiger partial charge < -0.3 is 5.11 Å². The maximum Gasteiger partial charge on any atom is 0.337 e. The Balaban J connectivity index is 2.23. The number of hydrogen-bond donors (Lipinski definition) is 1. The number of aromatic nitrogens is 1. The molecule has 0 atom stereocenters. The van der Waals surface area contributed by atoms with Crippen LogP contribution < -0.4 is 0 Å². The number of carboxylic acids is 1. The third-order valence-corrected chi connectivity index (χ3v) is 3.32. The highest BCUT2D eigenvalue weighted by molar-refractivity contribution is 7.99. The number of pyridine rings is 1. The summed E-state index contributed by atoms with van der Waals surface area (Å²) < 4.78 is 0. The standard InChI is InChI=1S/C13H17NO2S/c1-2-3-4-5-6-9-17-12-8-7-11(10-14-12)13(15)16/h2,7-8,10H,1,3-6,9H2,(H,15,16). The lowest BCUT2D eigenvalue weighted by molar-refractivity contribution is 0.0696. The maximum absolute atomic E-state index is 10.6. The van der Waals surface area contributed by atoms with E-state index < -0.39 is 5.97 Å². The van der Waals surface area contributed by atoms with Crippen molar-refractivity contribution in [2.24, 2.45) is 0 Å². The largest absolute Gasteiger partial charge is 0.478 e. The van der Waals surface area contributed by atoms with Gasteiger partial charge >= 0.3 is 5.97 Å². The van der Waals surface area contributed by atoms with Crippen LogP contribution in [0.5, 0.6) is 0 Å². The number of aromatic carboxylic acids is 1. The van der Waals surface area contributed by atoms with Crippen LogP contribution in [0.3, 0.4) is 0 Å². The Morgan fingerprint density at radius 1 is 1.41 bits per heavy atom. The highest BCUT2D eigenvalue weighted by Crippen LogP contribution is 2.17. The molecule has 0 spiro atoms. The van der Waals surface area contributed by atoms with Gasteiger partial charge in [-0.2, -0.15) is 0 Å². The molecule has 0 aromatic carbocycles. The molecule has 0 aliphatic heterocycles. The van der Waals surface area contributed by atoms with Gasteiger partial charge in [0, 0.05) is 6.20 Å². The Kier molecular flexibility index (Phi) is 6.40. The average molecular weight is 251 g/mol. The predicted molar refractivity (Wildman–Crippen MR) is 70.6 cm³/mol. The molecule has 0 amide bonds. The van der Waals surface area contributed by atoms with Crippen molar-refractivity contribution in [2.75, 3.05) is 5.75 Å². The van der Waals surface area contributed by atoms with Crippen LogP contribution in [0, 0.1) is 0 Å². The number of nitrogens with zero attached hydrogens (tertiary/aromatic N) is 1. The second-order valence-electron chi connectivity index (χ2n) is 3.68. The summed E-state index contributed by atoms with van der Waals surface area (Å²) in [5, 5.41) is 9.61. The number of rotatable bonds is 8. The topological polar surface area (TPSA) is 50.2 Å². The Morgan fingerprint density at radius 3 is 2.82 bits per heavy atom. The van der Waals surface area contributed by atoms with E-state index in [-0.39, 0.29) is 5.56 Å². The lowest BCUT2D eigenvalue weighted by atomic mass is 10.2. The molecule has 17 heavy (non-hydrogen) atoms. The van der Waals surface area contributed by atoms with E-state index >= 15 is 0 Å². The van der Waals surface area contributed by atoms with E-state index in [1.165, 1.54) is 19.0 Å². The van der Waals surface area contributed by atoms with E-state index in [9.17, 15) is 4.79 Å². The Bertz CT molecular complexity index is 362. The lowest BCUT2D eigenvalue weighted by Crippen LogP contribution is -1.96. The summed E-state index contributed by atoms with van der Waals surface area (Å²) >= 11 is 1.67. The zero-order valence-electron chi connectivity index (χ0n) is 9.76. The smallest absolute Gasteiger partial charge is 0.337 e. The number of carboxylic acid groups (broad SMARTS) is 1. The molecule has 1 N–H and O–H groups in total. The van der Waals surface area contributed by atoms with Crippen molar-refractivity contribution in [3.05, 3.63) is 36.5 Å². The van der Waals surface area contributed by atoms with Crippen LogP contribution in [0.4, 0.5) is 0 Å². The second kappa shape index (κ2) is 7.90. The summed E-state index contributed by atoms with van der Waals surface area (Å²) in [6, 6.07) is 3.35. The number of allylic oxidation sites excluding steroid dienone is 1. The van der Waals surface area contributed by atoms with E-state index in [1.807, 2.05) is 6.08 Å². The Labute approximate surface area is 106 Å². The van der Waals surface area contributed by atoms with Gasteiger partial charge in [-0.15, -0.1) is 18.3 Å². The minimum Gasteiger partial charge on any atom is -0.478 e. The van der Waals surface area contributed by atoms with Gasteiger partial charge in [-0.3, -0.25) is 0 Å². The second-order valence-corrected chi connectivity index (χ2v) is 4.79. The summed E-state index contributed by atoms with van der Waals surface area (Å²) in [5.41, 5.74) is 0.236. The molecule has 1 aromatic rings. The number of unbranched alkanes of at least 4 members (excludes halogenated alkanes) is 3. The molecule has 0 saturated heterocycles. The van der Waals surface area contributed by atoms with Gasteiger partial charge in [-0.1, -0.05) is 12.5 Å². The number of thioether (sulfide) groups is 1. The van der Waals surface area contributed by atoms with Crippen LogP contribution in [0.15, 0.2) is 36.0 Å². The fourth-order valence-electron chi connectivity index (χ4n) is 1.34. The van der Waals surface area contributed by atoms with Crippen molar-refractivity contribution >= 4 is 17.7 Å². The first-order valence-corrected chi connectivity index (χ1v) is 6.65. The normalized spacial score (nSPS) is 10.1. The molecule has 4 heteroatoms. The molecule has 1 aromatic heterocycles. The number of hydrogen-bond acceptors (Lipinski definition) is 3. The van der Waals surface area contributed by atoms with Gasteiger partial charge in [-0.05, 0) is 37.1 Å². The first-order valence-electron chi connectivity index (χ1n) is 5.67. The minimum atomic E-state index is -0.932. The quantitative estimate of drug-likeness (QED) is 0.435. The summed E-state index contributed by atoms with van der Waals surface area (Å²) in [5.74, 6) is 0.0924. The first-order chi connectivity index (χ1) is 8.24. The van der Waals surface area contributed by atoms with Crippen LogP contribution >= 0.6 is 11.8 Å². The van der Waals surface area contributed by atoms with Gasteiger partial charge in [0.05, 0.1) is 10.6 Å². The molecule has 1 heterocycles. The summed E-state index contributed by atoms with van der Waals surface area (Å²) in [4.78, 5) is 14.7. The van der Waals surface area contributed by atoms with Gasteiger partial charge in [0.2, 0.25) is 0 Å². The Morgan fingerprint density at radius 2 is 2.24 bits per heavy atom. The molecular formula is C13H17NO2S. The molecular weight excluding hydrogens is 234 g/mol. The van der Waals surface area contributed by atoms with Crippen LogP contribution in [0.25, 0.3) is 0 Å². The van der Waals surface area contributed by atoms with Crippen LogP contribution in [0.1, 0.15) is 36.0 Å². The van der Waals surface area contributed by atoms with Gasteiger partial charge in [0.15, 0.2) is 0 Å². The van der Waals surface area contributed by atoms with E-state index in [0.29, 0.717) is 0 Å². The van der Waals surface area contributed by atoms with E-state index in [2.05, 4.69) is 11.6 Å². The van der Waals surface area contributed by atoms with Crippen LogP contribution in [0.2, 0.25) is 0 Å². The molecule has 1 rings (SSSR count). The summed E-state index contributed by atoms with van der Waals surface area (Å²) in [6.07, 6.45) is 7.97. The molecule has 92 valence electrons. The maximum atomic E-state index is 10.6. The molecule has 0 aliphatic rings. The van der Waals surface area contributed by atoms with Crippen LogP contribution in [-0.2, 0) is 0 Å². The Hall–Kier alpha value is -1.29. The molecule has 0 unspecified atom stereocenters. The monoisotopic (exact) mass is 251 g/mol. The highest BCUT2D eigenvalue weighted by atomic mass is 32.2. The third-order valence-electron chi connectivity index (χ3n) is 2.29. The van der Waals surface area contributed by atoms with Crippen LogP contribution in [-0.4, -0.2) is 21.8 Å². The first kappa shape index (κ1) is 13.8. The van der Waals surface area contributed by atoms with E-state index in [4.69, 9.17) is 5.11 Å². The van der Waals surface area contributed by atoms with Gasteiger partial charge in [0.25, 0.3) is 0 Å². The van der Waals surface area contributed by atoms with Crippen molar-refractivity contribution in [3.8, 4) is 0 Å². The van der Waals surface area contributed by atoms with E-state index in [0.717, 1.165) is 23.6 Å². The average Bonchev–Trinajstić information content (AvgIpc) is 2.34. The SMILES string of the molecule is C=CCCCCCSc1ccc(C(=O)O)cn1. The van der Waals surface area contributed by atoms with Crippen molar-refractivity contribution < 1.29 is 9.90 Å². The fourth-order valence-corrected chi connectivity index (χ4v) is 2.19. The fraction of sp³-hybridized carbons (Fsp3) is 0.385. The van der Waals surface area contributed by atoms with Crippen molar-refractivity contribution in [3.63, 3.8) is 0 Å². The molecule has 0 saturated carbocycles. The molecule has 0 fully saturated rings. The molecule has 3 nitrogen and oxygen atoms in total. The van der Waals surface area contributed by atoms with Gasteiger partial charge in [-0.25, -0.2) is 9.78 Å².